The van der Waals surface area contributed by atoms with Crippen LogP contribution in [0.3, 0.4) is 0 Å². The van der Waals surface area contributed by atoms with Crippen LogP contribution < -0.4 is 9.68 Å². The standard InChI is InChI=1S/C19H18N2O4/c1-20-10-16(22)14-8-12(3-5-18(14)24-20)7-13-4-6-19-15(9-13)17(23)11-21(2)25-19/h3-6,8-9H,7,10-11H2,1-2H3. The lowest BCUT2D eigenvalue weighted by Crippen LogP contribution is -2.34. The maximum Gasteiger partial charge on any atom is 0.184 e. The van der Waals surface area contributed by atoms with E-state index in [4.69, 9.17) is 9.68 Å². The van der Waals surface area contributed by atoms with Crippen LogP contribution in [0, 0.1) is 0 Å². The van der Waals surface area contributed by atoms with Gasteiger partial charge >= 0.3 is 0 Å². The molecule has 0 fully saturated rings. The summed E-state index contributed by atoms with van der Waals surface area (Å²) in [6, 6.07) is 11.3. The average Bonchev–Trinajstić information content (AvgIpc) is 2.56. The molecule has 2 heterocycles. The molecule has 0 atom stereocenters. The summed E-state index contributed by atoms with van der Waals surface area (Å²) in [6.45, 7) is 0.489. The number of hydrogen-bond acceptors (Lipinski definition) is 6. The van der Waals surface area contributed by atoms with Crippen molar-refractivity contribution in [2.45, 2.75) is 6.42 Å². The van der Waals surface area contributed by atoms with E-state index in [2.05, 4.69) is 0 Å². The number of nitrogens with zero attached hydrogens (tertiary/aromatic N) is 2. The van der Waals surface area contributed by atoms with E-state index in [9.17, 15) is 9.59 Å². The Morgan fingerprint density at radius 3 is 1.68 bits per heavy atom. The number of carbonyl (C=O) groups excluding carboxylic acids is 2. The first-order valence-electron chi connectivity index (χ1n) is 8.10. The molecule has 0 unspecified atom stereocenters. The van der Waals surface area contributed by atoms with E-state index >= 15 is 0 Å². The molecule has 0 bridgehead atoms. The topological polar surface area (TPSA) is 59.1 Å². The summed E-state index contributed by atoms with van der Waals surface area (Å²) in [6.07, 6.45) is 0.632. The summed E-state index contributed by atoms with van der Waals surface area (Å²) in [7, 11) is 3.47. The van der Waals surface area contributed by atoms with Gasteiger partial charge in [0, 0.05) is 14.1 Å². The van der Waals surface area contributed by atoms with Crippen molar-refractivity contribution in [1.29, 1.82) is 0 Å². The maximum atomic E-state index is 12.2. The van der Waals surface area contributed by atoms with Crippen molar-refractivity contribution in [2.75, 3.05) is 27.2 Å². The molecule has 0 aromatic heterocycles. The highest BCUT2D eigenvalue weighted by molar-refractivity contribution is 6.01. The molecule has 0 spiro atoms. The minimum absolute atomic E-state index is 0.0441. The van der Waals surface area contributed by atoms with E-state index in [0.717, 1.165) is 11.1 Å². The molecular formula is C19H18N2O4. The summed E-state index contributed by atoms with van der Waals surface area (Å²) in [4.78, 5) is 35.5. The highest BCUT2D eigenvalue weighted by Gasteiger charge is 2.24. The Bertz CT molecular complexity index is 806. The van der Waals surface area contributed by atoms with Gasteiger partial charge in [0.2, 0.25) is 0 Å². The summed E-state index contributed by atoms with van der Waals surface area (Å²) >= 11 is 0. The Morgan fingerprint density at radius 1 is 0.800 bits per heavy atom. The summed E-state index contributed by atoms with van der Waals surface area (Å²) in [5, 5.41) is 3.05. The number of carbonyl (C=O) groups is 2. The number of benzene rings is 2. The van der Waals surface area contributed by atoms with Gasteiger partial charge in [-0.3, -0.25) is 9.59 Å². The molecule has 4 rings (SSSR count). The number of hydroxylamine groups is 4. The van der Waals surface area contributed by atoms with Crippen LogP contribution in [-0.4, -0.2) is 48.9 Å². The molecule has 6 heteroatoms. The Balaban J connectivity index is 1.61. The molecule has 0 amide bonds. The lowest BCUT2D eigenvalue weighted by atomic mass is 9.97. The monoisotopic (exact) mass is 338 g/mol. The maximum absolute atomic E-state index is 12.2. The minimum Gasteiger partial charge on any atom is -0.405 e. The van der Waals surface area contributed by atoms with Gasteiger partial charge in [-0.25, -0.2) is 0 Å². The van der Waals surface area contributed by atoms with E-state index in [1.807, 2.05) is 36.4 Å². The fourth-order valence-electron chi connectivity index (χ4n) is 3.18. The van der Waals surface area contributed by atoms with Crippen molar-refractivity contribution in [3.05, 3.63) is 58.7 Å². The summed E-state index contributed by atoms with van der Waals surface area (Å²) in [5.41, 5.74) is 3.21. The SMILES string of the molecule is CN1CC(=O)c2cc(Cc3ccc4c(c3)C(=O)CN(C)O4)ccc2O1. The van der Waals surface area contributed by atoms with Crippen LogP contribution in [0.25, 0.3) is 0 Å². The third-order valence-corrected chi connectivity index (χ3v) is 4.34. The average molecular weight is 338 g/mol. The zero-order chi connectivity index (χ0) is 17.6. The molecule has 2 aromatic rings. The molecule has 6 nitrogen and oxygen atoms in total. The summed E-state index contributed by atoms with van der Waals surface area (Å²) in [5.74, 6) is 1.25. The fourth-order valence-corrected chi connectivity index (χ4v) is 3.18. The van der Waals surface area contributed by atoms with Crippen LogP contribution in [0.4, 0.5) is 0 Å². The lowest BCUT2D eigenvalue weighted by molar-refractivity contribution is -0.0335. The third-order valence-electron chi connectivity index (χ3n) is 4.34. The predicted octanol–water partition coefficient (Wildman–Crippen LogP) is 2.12. The van der Waals surface area contributed by atoms with Gasteiger partial charge in [0.15, 0.2) is 23.1 Å². The van der Waals surface area contributed by atoms with E-state index in [1.54, 1.807) is 14.1 Å². The molecule has 0 saturated heterocycles. The van der Waals surface area contributed by atoms with Crippen molar-refractivity contribution in [3.8, 4) is 11.5 Å². The van der Waals surface area contributed by atoms with Crippen molar-refractivity contribution < 1.29 is 19.3 Å². The fraction of sp³-hybridized carbons (Fsp3) is 0.263. The molecule has 2 aliphatic heterocycles. The molecule has 0 radical (unpaired) electrons. The lowest BCUT2D eigenvalue weighted by Gasteiger charge is -2.25. The van der Waals surface area contributed by atoms with Crippen LogP contribution in [0.15, 0.2) is 36.4 Å². The van der Waals surface area contributed by atoms with Gasteiger partial charge in [0.1, 0.15) is 0 Å². The van der Waals surface area contributed by atoms with Gasteiger partial charge in [0.25, 0.3) is 0 Å². The van der Waals surface area contributed by atoms with Gasteiger partial charge in [-0.1, -0.05) is 12.1 Å². The second kappa shape index (κ2) is 5.98. The Morgan fingerprint density at radius 2 is 1.24 bits per heavy atom. The number of fused-ring (bicyclic) bond motifs is 2. The van der Waals surface area contributed by atoms with Crippen molar-refractivity contribution in [1.82, 2.24) is 10.1 Å². The second-order valence-corrected chi connectivity index (χ2v) is 6.44. The molecule has 0 aliphatic carbocycles. The second-order valence-electron chi connectivity index (χ2n) is 6.44. The first kappa shape index (κ1) is 15.8. The minimum atomic E-state index is 0.0441. The molecule has 25 heavy (non-hydrogen) atoms. The van der Waals surface area contributed by atoms with Gasteiger partial charge in [-0.2, -0.15) is 0 Å². The molecule has 0 N–H and O–H groups in total. The normalized spacial score (nSPS) is 17.5. The van der Waals surface area contributed by atoms with Crippen LogP contribution in [0.1, 0.15) is 31.8 Å². The zero-order valence-corrected chi connectivity index (χ0v) is 14.1. The van der Waals surface area contributed by atoms with Crippen LogP contribution in [0.5, 0.6) is 11.5 Å². The number of Topliss-reactive ketones (excluding diaryl/α,β-unsaturated/α-hetero) is 2. The van der Waals surface area contributed by atoms with Crippen LogP contribution >= 0.6 is 0 Å². The van der Waals surface area contributed by atoms with Crippen molar-refractivity contribution in [2.24, 2.45) is 0 Å². The molecule has 128 valence electrons. The van der Waals surface area contributed by atoms with Gasteiger partial charge in [0.05, 0.1) is 24.2 Å². The Hall–Kier alpha value is -2.70. The quantitative estimate of drug-likeness (QED) is 0.836. The first-order valence-corrected chi connectivity index (χ1v) is 8.10. The highest BCUT2D eigenvalue weighted by atomic mass is 16.7. The Labute approximate surface area is 145 Å². The Kier molecular flexibility index (Phi) is 3.78. The number of rotatable bonds is 2. The van der Waals surface area contributed by atoms with E-state index in [1.165, 1.54) is 10.1 Å². The third kappa shape index (κ3) is 3.01. The van der Waals surface area contributed by atoms with E-state index in [0.29, 0.717) is 29.0 Å². The van der Waals surface area contributed by atoms with Crippen LogP contribution in [-0.2, 0) is 6.42 Å². The predicted molar refractivity (Wildman–Crippen MR) is 90.9 cm³/mol. The van der Waals surface area contributed by atoms with Crippen LogP contribution in [0.2, 0.25) is 0 Å². The molecule has 2 aliphatic rings. The number of ketones is 2. The number of hydrogen-bond donors (Lipinski definition) is 0. The van der Waals surface area contributed by atoms with Crippen molar-refractivity contribution >= 4 is 11.6 Å². The largest absolute Gasteiger partial charge is 0.405 e. The summed E-state index contributed by atoms with van der Waals surface area (Å²) < 4.78 is 0. The first-order chi connectivity index (χ1) is 12.0. The molecule has 0 saturated carbocycles. The zero-order valence-electron chi connectivity index (χ0n) is 14.1. The van der Waals surface area contributed by atoms with E-state index in [-0.39, 0.29) is 24.7 Å². The van der Waals surface area contributed by atoms with Crippen molar-refractivity contribution in [3.63, 3.8) is 0 Å². The van der Waals surface area contributed by atoms with Gasteiger partial charge in [-0.15, -0.1) is 10.1 Å². The van der Waals surface area contributed by atoms with Gasteiger partial charge in [-0.05, 0) is 41.8 Å². The smallest absolute Gasteiger partial charge is 0.184 e. The molecule has 2 aromatic carbocycles. The number of likely N-dealkylation sites (N-methyl/N-ethyl adjacent to an activating group) is 2. The van der Waals surface area contributed by atoms with Gasteiger partial charge < -0.3 is 9.68 Å². The molecular weight excluding hydrogens is 320 g/mol. The van der Waals surface area contributed by atoms with E-state index < -0.39 is 0 Å². The highest BCUT2D eigenvalue weighted by Crippen LogP contribution is 2.29.